The molecule has 0 aliphatic carbocycles. The van der Waals surface area contributed by atoms with Gasteiger partial charge in [0.15, 0.2) is 6.40 Å². The van der Waals surface area contributed by atoms with Crippen molar-refractivity contribution in [3.8, 4) is 6.07 Å². The van der Waals surface area contributed by atoms with Gasteiger partial charge in [0.25, 0.3) is 0 Å². The lowest BCUT2D eigenvalue weighted by atomic mass is 10.1. The van der Waals surface area contributed by atoms with E-state index in [-0.39, 0.29) is 12.5 Å². The maximum atomic E-state index is 12.2. The molecule has 0 bridgehead atoms. The SMILES string of the molecule is C=C(C#N)CC(CCF)OC=N/C=C\CC. The van der Waals surface area contributed by atoms with Crippen LogP contribution < -0.4 is 0 Å². The van der Waals surface area contributed by atoms with Gasteiger partial charge < -0.3 is 4.74 Å². The van der Waals surface area contributed by atoms with Crippen LogP contribution in [0.3, 0.4) is 0 Å². The molecule has 1 atom stereocenters. The molecule has 0 N–H and O–H groups in total. The van der Waals surface area contributed by atoms with Crippen LogP contribution in [0.2, 0.25) is 0 Å². The minimum absolute atomic E-state index is 0.240. The van der Waals surface area contributed by atoms with Crippen LogP contribution in [-0.4, -0.2) is 19.2 Å². The summed E-state index contributed by atoms with van der Waals surface area (Å²) in [5, 5.41) is 8.55. The molecule has 0 amide bonds. The van der Waals surface area contributed by atoms with Gasteiger partial charge in [0.05, 0.1) is 12.7 Å². The average molecular weight is 224 g/mol. The van der Waals surface area contributed by atoms with Gasteiger partial charge in [-0.25, -0.2) is 4.99 Å². The molecule has 0 aromatic heterocycles. The molecule has 0 saturated carbocycles. The highest BCUT2D eigenvalue weighted by Crippen LogP contribution is 2.09. The Morgan fingerprint density at radius 1 is 1.69 bits per heavy atom. The van der Waals surface area contributed by atoms with Crippen molar-refractivity contribution in [3.05, 3.63) is 24.4 Å². The Labute approximate surface area is 95.9 Å². The molecule has 0 rings (SSSR count). The molecule has 1 unspecified atom stereocenters. The van der Waals surface area contributed by atoms with Crippen molar-refractivity contribution in [1.82, 2.24) is 0 Å². The van der Waals surface area contributed by atoms with E-state index < -0.39 is 6.67 Å². The lowest BCUT2D eigenvalue weighted by molar-refractivity contribution is 0.177. The lowest BCUT2D eigenvalue weighted by Crippen LogP contribution is -2.13. The molecule has 16 heavy (non-hydrogen) atoms. The van der Waals surface area contributed by atoms with Crippen molar-refractivity contribution < 1.29 is 9.13 Å². The Balaban J connectivity index is 4.03. The van der Waals surface area contributed by atoms with E-state index in [1.807, 2.05) is 19.1 Å². The number of aliphatic imine (C=N–C) groups is 1. The van der Waals surface area contributed by atoms with Crippen LogP contribution in [0, 0.1) is 11.3 Å². The van der Waals surface area contributed by atoms with Gasteiger partial charge in [-0.3, -0.25) is 4.39 Å². The highest BCUT2D eigenvalue weighted by Gasteiger charge is 2.09. The Morgan fingerprint density at radius 2 is 2.44 bits per heavy atom. The summed E-state index contributed by atoms with van der Waals surface area (Å²) in [6.07, 6.45) is 5.88. The molecule has 0 heterocycles. The third-order valence-electron chi connectivity index (χ3n) is 1.80. The van der Waals surface area contributed by atoms with E-state index in [1.165, 1.54) is 6.40 Å². The first-order chi connectivity index (χ1) is 7.74. The summed E-state index contributed by atoms with van der Waals surface area (Å²) in [7, 11) is 0. The summed E-state index contributed by atoms with van der Waals surface area (Å²) in [6, 6.07) is 1.91. The van der Waals surface area contributed by atoms with Crippen molar-refractivity contribution in [3.63, 3.8) is 0 Å². The molecular formula is C12H17FN2O. The number of hydrogen-bond acceptors (Lipinski definition) is 3. The first-order valence-electron chi connectivity index (χ1n) is 5.20. The van der Waals surface area contributed by atoms with Gasteiger partial charge in [0.1, 0.15) is 6.10 Å². The summed E-state index contributed by atoms with van der Waals surface area (Å²) in [5.74, 6) is 0. The molecule has 0 spiro atoms. The molecule has 4 heteroatoms. The van der Waals surface area contributed by atoms with Gasteiger partial charge >= 0.3 is 0 Å². The summed E-state index contributed by atoms with van der Waals surface area (Å²) in [5.41, 5.74) is 0.385. The minimum atomic E-state index is -0.484. The van der Waals surface area contributed by atoms with E-state index in [2.05, 4.69) is 11.6 Å². The fourth-order valence-corrected chi connectivity index (χ4v) is 0.983. The van der Waals surface area contributed by atoms with Gasteiger partial charge in [-0.15, -0.1) is 0 Å². The monoisotopic (exact) mass is 224 g/mol. The highest BCUT2D eigenvalue weighted by molar-refractivity contribution is 5.47. The zero-order valence-electron chi connectivity index (χ0n) is 9.53. The second-order valence-corrected chi connectivity index (χ2v) is 3.20. The van der Waals surface area contributed by atoms with E-state index in [0.29, 0.717) is 12.0 Å². The molecule has 88 valence electrons. The average Bonchev–Trinajstić information content (AvgIpc) is 2.28. The van der Waals surface area contributed by atoms with Crippen LogP contribution in [0.25, 0.3) is 0 Å². The quantitative estimate of drug-likeness (QED) is 0.361. The molecule has 3 nitrogen and oxygen atoms in total. The third kappa shape index (κ3) is 7.74. The molecule has 0 aromatic carbocycles. The van der Waals surface area contributed by atoms with E-state index in [9.17, 15) is 4.39 Å². The molecule has 0 saturated heterocycles. The fourth-order valence-electron chi connectivity index (χ4n) is 0.983. The topological polar surface area (TPSA) is 45.4 Å². The highest BCUT2D eigenvalue weighted by atomic mass is 19.1. The van der Waals surface area contributed by atoms with Crippen LogP contribution in [0.4, 0.5) is 4.39 Å². The van der Waals surface area contributed by atoms with Gasteiger partial charge in [0.2, 0.25) is 0 Å². The number of rotatable bonds is 8. The van der Waals surface area contributed by atoms with Gasteiger partial charge in [-0.1, -0.05) is 19.6 Å². The normalized spacial score (nSPS) is 12.8. The number of ether oxygens (including phenoxy) is 1. The van der Waals surface area contributed by atoms with Crippen LogP contribution in [0.1, 0.15) is 26.2 Å². The van der Waals surface area contributed by atoms with Crippen molar-refractivity contribution in [1.29, 1.82) is 5.26 Å². The number of hydrogen-bond donors (Lipinski definition) is 0. The minimum Gasteiger partial charge on any atom is -0.479 e. The largest absolute Gasteiger partial charge is 0.479 e. The Hall–Kier alpha value is -1.63. The zero-order valence-corrected chi connectivity index (χ0v) is 9.53. The third-order valence-corrected chi connectivity index (χ3v) is 1.80. The Kier molecular flexibility index (Phi) is 8.90. The number of allylic oxidation sites excluding steroid dienone is 1. The lowest BCUT2D eigenvalue weighted by Gasteiger charge is -2.12. The number of nitrogens with zero attached hydrogens (tertiary/aromatic N) is 2. The van der Waals surface area contributed by atoms with Gasteiger partial charge in [0, 0.05) is 24.6 Å². The molecular weight excluding hydrogens is 207 g/mol. The van der Waals surface area contributed by atoms with E-state index >= 15 is 0 Å². The maximum absolute atomic E-state index is 12.2. The van der Waals surface area contributed by atoms with Crippen molar-refractivity contribution in [2.45, 2.75) is 32.3 Å². The summed E-state index contributed by atoms with van der Waals surface area (Å²) < 4.78 is 17.4. The van der Waals surface area contributed by atoms with Crippen molar-refractivity contribution in [2.75, 3.05) is 6.67 Å². The van der Waals surface area contributed by atoms with Crippen LogP contribution in [0.15, 0.2) is 29.4 Å². The molecule has 0 fully saturated rings. The van der Waals surface area contributed by atoms with Crippen LogP contribution >= 0.6 is 0 Å². The number of alkyl halides is 1. The smallest absolute Gasteiger partial charge is 0.174 e. The van der Waals surface area contributed by atoms with Crippen molar-refractivity contribution >= 4 is 6.40 Å². The predicted octanol–water partition coefficient (Wildman–Crippen LogP) is 3.15. The predicted molar refractivity (Wildman–Crippen MR) is 62.8 cm³/mol. The Morgan fingerprint density at radius 3 is 3.00 bits per heavy atom. The van der Waals surface area contributed by atoms with Gasteiger partial charge in [-0.05, 0) is 6.42 Å². The summed E-state index contributed by atoms with van der Waals surface area (Å²) in [4.78, 5) is 3.85. The van der Waals surface area contributed by atoms with Crippen molar-refractivity contribution in [2.24, 2.45) is 4.99 Å². The standard InChI is InChI=1S/C12H17FN2O/c1-3-4-7-15-10-16-12(5-6-13)8-11(2)9-14/h4,7,10,12H,2-3,5-6,8H2,1H3/b7-4-,15-10?. The molecule has 0 aliphatic rings. The first-order valence-corrected chi connectivity index (χ1v) is 5.20. The first kappa shape index (κ1) is 14.4. The summed E-state index contributed by atoms with van der Waals surface area (Å²) >= 11 is 0. The molecule has 0 radical (unpaired) electrons. The molecule has 0 aliphatic heterocycles. The van der Waals surface area contributed by atoms with E-state index in [1.54, 1.807) is 6.20 Å². The van der Waals surface area contributed by atoms with Crippen LogP contribution in [-0.2, 0) is 4.74 Å². The summed E-state index contributed by atoms with van der Waals surface area (Å²) in [6.45, 7) is 5.04. The number of nitriles is 1. The van der Waals surface area contributed by atoms with Crippen LogP contribution in [0.5, 0.6) is 0 Å². The van der Waals surface area contributed by atoms with E-state index in [0.717, 1.165) is 6.42 Å². The maximum Gasteiger partial charge on any atom is 0.174 e. The second-order valence-electron chi connectivity index (χ2n) is 3.20. The number of halogens is 1. The van der Waals surface area contributed by atoms with E-state index in [4.69, 9.17) is 10.00 Å². The zero-order chi connectivity index (χ0) is 12.2. The second kappa shape index (κ2) is 9.91. The fraction of sp³-hybridized carbons (Fsp3) is 0.500. The molecule has 0 aromatic rings. The Bertz CT molecular complexity index is 292. The van der Waals surface area contributed by atoms with Gasteiger partial charge in [-0.2, -0.15) is 5.26 Å².